The molecule has 2 rings (SSSR count). The van der Waals surface area contributed by atoms with Crippen LogP contribution in [0.1, 0.15) is 25.3 Å². The molecule has 1 N–H and O–H groups in total. The summed E-state index contributed by atoms with van der Waals surface area (Å²) >= 11 is 6.21. The molecule has 0 saturated carbocycles. The maximum atomic E-state index is 12.2. The van der Waals surface area contributed by atoms with E-state index in [2.05, 4.69) is 13.5 Å². The molecule has 25 heavy (non-hydrogen) atoms. The summed E-state index contributed by atoms with van der Waals surface area (Å²) in [6.45, 7) is 5.43. The summed E-state index contributed by atoms with van der Waals surface area (Å²) < 4.78 is 10.5. The molecule has 1 aromatic rings. The molecule has 1 aliphatic carbocycles. The Morgan fingerprint density at radius 3 is 2.84 bits per heavy atom. The maximum absolute atomic E-state index is 12.2. The summed E-state index contributed by atoms with van der Waals surface area (Å²) in [5, 5.41) is 9.72. The third-order valence-electron chi connectivity index (χ3n) is 4.73. The van der Waals surface area contributed by atoms with Gasteiger partial charge < -0.3 is 14.6 Å². The number of ketones is 1. The van der Waals surface area contributed by atoms with Crippen molar-refractivity contribution in [2.24, 2.45) is 17.8 Å². The highest BCUT2D eigenvalue weighted by Crippen LogP contribution is 2.37. The highest BCUT2D eigenvalue weighted by molar-refractivity contribution is 6.32. The van der Waals surface area contributed by atoms with Crippen LogP contribution in [-0.2, 0) is 16.0 Å². The number of hydrogen-bond donors (Lipinski definition) is 1. The monoisotopic (exact) mass is 364 g/mol. The maximum Gasteiger partial charge on any atom is 0.185 e. The zero-order valence-electron chi connectivity index (χ0n) is 14.7. The van der Waals surface area contributed by atoms with Gasteiger partial charge in [-0.15, -0.1) is 6.58 Å². The predicted molar refractivity (Wildman–Crippen MR) is 98.5 cm³/mol. The Balaban J connectivity index is 2.18. The number of halogens is 1. The number of benzene rings is 1. The summed E-state index contributed by atoms with van der Waals surface area (Å²) in [5.74, 6) is 1.48. The Hall–Kier alpha value is -1.78. The molecule has 4 nitrogen and oxygen atoms in total. The van der Waals surface area contributed by atoms with Gasteiger partial charge in [-0.2, -0.15) is 0 Å². The lowest BCUT2D eigenvalue weighted by Crippen LogP contribution is -2.29. The standard InChI is InChI=1S/C20H25ClO4/c1-4-5-15-10-16(20(25-12-22)11-18(15)23)13(2)8-14-6-7-19(24-3)17(21)9-14/h4,6-7,9,11,13,15-16,22H,1,5,8,10,12H2,2-3H3. The van der Waals surface area contributed by atoms with Crippen LogP contribution in [0, 0.1) is 17.8 Å². The first kappa shape index (κ1) is 19.5. The van der Waals surface area contributed by atoms with E-state index in [9.17, 15) is 4.79 Å². The van der Waals surface area contributed by atoms with E-state index in [0.29, 0.717) is 29.4 Å². The highest BCUT2D eigenvalue weighted by atomic mass is 35.5. The molecule has 0 aliphatic heterocycles. The van der Waals surface area contributed by atoms with Crippen molar-refractivity contribution in [2.75, 3.05) is 13.9 Å². The van der Waals surface area contributed by atoms with Crippen LogP contribution in [0.15, 0.2) is 42.7 Å². The number of allylic oxidation sites excluding steroid dienone is 3. The summed E-state index contributed by atoms with van der Waals surface area (Å²) in [5.41, 5.74) is 1.10. The molecule has 5 heteroatoms. The number of hydrogen-bond acceptors (Lipinski definition) is 4. The van der Waals surface area contributed by atoms with Crippen LogP contribution < -0.4 is 4.74 Å². The fraction of sp³-hybridized carbons (Fsp3) is 0.450. The minimum absolute atomic E-state index is 0.0410. The van der Waals surface area contributed by atoms with Gasteiger partial charge in [-0.3, -0.25) is 4.79 Å². The second kappa shape index (κ2) is 9.07. The minimum Gasteiger partial charge on any atom is -0.495 e. The first-order valence-corrected chi connectivity index (χ1v) is 8.80. The lowest BCUT2D eigenvalue weighted by atomic mass is 9.75. The first-order valence-electron chi connectivity index (χ1n) is 8.42. The quantitative estimate of drug-likeness (QED) is 0.556. The number of rotatable bonds is 8. The summed E-state index contributed by atoms with van der Waals surface area (Å²) in [7, 11) is 1.59. The fourth-order valence-corrected chi connectivity index (χ4v) is 3.68. The van der Waals surface area contributed by atoms with Crippen molar-refractivity contribution in [1.82, 2.24) is 0 Å². The minimum atomic E-state index is -0.428. The van der Waals surface area contributed by atoms with Crippen molar-refractivity contribution in [3.8, 4) is 5.75 Å². The number of aliphatic hydroxyl groups excluding tert-OH is 1. The van der Waals surface area contributed by atoms with Gasteiger partial charge in [0.15, 0.2) is 12.6 Å². The van der Waals surface area contributed by atoms with E-state index in [1.54, 1.807) is 13.2 Å². The van der Waals surface area contributed by atoms with Crippen LogP contribution in [0.4, 0.5) is 0 Å². The molecule has 0 amide bonds. The van der Waals surface area contributed by atoms with Crippen LogP contribution in [0.2, 0.25) is 5.02 Å². The smallest absolute Gasteiger partial charge is 0.185 e. The van der Waals surface area contributed by atoms with E-state index >= 15 is 0 Å². The number of carbonyl (C=O) groups is 1. The average Bonchev–Trinajstić information content (AvgIpc) is 2.57. The Morgan fingerprint density at radius 1 is 1.48 bits per heavy atom. The number of ether oxygens (including phenoxy) is 2. The molecule has 0 saturated heterocycles. The molecule has 0 radical (unpaired) electrons. The topological polar surface area (TPSA) is 55.8 Å². The van der Waals surface area contributed by atoms with E-state index in [-0.39, 0.29) is 23.5 Å². The molecule has 0 aromatic heterocycles. The normalized spacial score (nSPS) is 21.4. The number of methoxy groups -OCH3 is 1. The Kier molecular flexibility index (Phi) is 7.09. The molecule has 0 fully saturated rings. The molecule has 1 aliphatic rings. The molecule has 0 heterocycles. The second-order valence-electron chi connectivity index (χ2n) is 6.44. The van der Waals surface area contributed by atoms with Crippen LogP contribution in [0.3, 0.4) is 0 Å². The molecule has 3 unspecified atom stereocenters. The van der Waals surface area contributed by atoms with Crippen LogP contribution in [0.5, 0.6) is 5.75 Å². The van der Waals surface area contributed by atoms with Crippen molar-refractivity contribution in [3.05, 3.63) is 53.3 Å². The third-order valence-corrected chi connectivity index (χ3v) is 5.03. The fourth-order valence-electron chi connectivity index (χ4n) is 3.40. The zero-order valence-corrected chi connectivity index (χ0v) is 15.5. The number of aliphatic hydroxyl groups is 1. The summed E-state index contributed by atoms with van der Waals surface area (Å²) in [4.78, 5) is 12.2. The van der Waals surface area contributed by atoms with Crippen LogP contribution in [0.25, 0.3) is 0 Å². The molecule has 1 aromatic carbocycles. The predicted octanol–water partition coefficient (Wildman–Crippen LogP) is 4.16. The second-order valence-corrected chi connectivity index (χ2v) is 6.84. The van der Waals surface area contributed by atoms with Crippen molar-refractivity contribution in [2.45, 2.75) is 26.2 Å². The van der Waals surface area contributed by atoms with Crippen molar-refractivity contribution in [1.29, 1.82) is 0 Å². The van der Waals surface area contributed by atoms with E-state index in [0.717, 1.165) is 12.0 Å². The third kappa shape index (κ3) is 4.86. The Morgan fingerprint density at radius 2 is 2.24 bits per heavy atom. The van der Waals surface area contributed by atoms with Gasteiger partial charge in [-0.25, -0.2) is 0 Å². The van der Waals surface area contributed by atoms with Crippen molar-refractivity contribution < 1.29 is 19.4 Å². The van der Waals surface area contributed by atoms with Crippen molar-refractivity contribution >= 4 is 17.4 Å². The molecule has 136 valence electrons. The van der Waals surface area contributed by atoms with E-state index in [1.165, 1.54) is 6.08 Å². The average molecular weight is 365 g/mol. The van der Waals surface area contributed by atoms with Gasteiger partial charge in [0.1, 0.15) is 11.5 Å². The molecule has 0 spiro atoms. The van der Waals surface area contributed by atoms with E-state index in [4.69, 9.17) is 26.2 Å². The molecule has 0 bridgehead atoms. The SMILES string of the molecule is C=CCC1CC(C(C)Cc2ccc(OC)c(Cl)c2)C(OCO)=CC1=O. The van der Waals surface area contributed by atoms with Crippen molar-refractivity contribution in [3.63, 3.8) is 0 Å². The number of carbonyl (C=O) groups excluding carboxylic acids is 1. The zero-order chi connectivity index (χ0) is 18.4. The lowest BCUT2D eigenvalue weighted by molar-refractivity contribution is -0.120. The van der Waals surface area contributed by atoms with E-state index < -0.39 is 6.79 Å². The van der Waals surface area contributed by atoms with Gasteiger partial charge in [0, 0.05) is 17.9 Å². The first-order chi connectivity index (χ1) is 12.0. The van der Waals surface area contributed by atoms with Gasteiger partial charge in [0.25, 0.3) is 0 Å². The van der Waals surface area contributed by atoms with Crippen LogP contribution in [-0.4, -0.2) is 24.8 Å². The lowest BCUT2D eigenvalue weighted by Gasteiger charge is -2.32. The molecular weight excluding hydrogens is 340 g/mol. The van der Waals surface area contributed by atoms with Gasteiger partial charge in [0.05, 0.1) is 12.1 Å². The molecule has 3 atom stereocenters. The summed E-state index contributed by atoms with van der Waals surface area (Å²) in [6, 6.07) is 5.76. The Labute approximate surface area is 154 Å². The van der Waals surface area contributed by atoms with Gasteiger partial charge in [-0.05, 0) is 42.9 Å². The van der Waals surface area contributed by atoms with Gasteiger partial charge in [-0.1, -0.05) is 30.7 Å². The van der Waals surface area contributed by atoms with Gasteiger partial charge in [0.2, 0.25) is 0 Å². The summed E-state index contributed by atoms with van der Waals surface area (Å²) in [6.07, 6.45) is 5.45. The largest absolute Gasteiger partial charge is 0.495 e. The van der Waals surface area contributed by atoms with Crippen LogP contribution >= 0.6 is 11.6 Å². The highest BCUT2D eigenvalue weighted by Gasteiger charge is 2.33. The van der Waals surface area contributed by atoms with Gasteiger partial charge >= 0.3 is 0 Å². The molecular formula is C20H25ClO4. The Bertz CT molecular complexity index is 653. The van der Waals surface area contributed by atoms with E-state index in [1.807, 2.05) is 18.2 Å².